The number of ether oxygens (including phenoxy) is 1. The van der Waals surface area contributed by atoms with Crippen LogP contribution in [0.2, 0.25) is 0 Å². The van der Waals surface area contributed by atoms with Crippen LogP contribution in [0, 0.1) is 0 Å². The molecule has 0 radical (unpaired) electrons. The van der Waals surface area contributed by atoms with Crippen molar-refractivity contribution >= 4 is 43.0 Å². The molecule has 224 valence electrons. The second kappa shape index (κ2) is 13.0. The monoisotopic (exact) mass is 628 g/mol. The fourth-order valence-corrected chi connectivity index (χ4v) is 6.87. The van der Waals surface area contributed by atoms with E-state index in [1.807, 2.05) is 18.2 Å². The highest BCUT2D eigenvalue weighted by molar-refractivity contribution is 7.93. The van der Waals surface area contributed by atoms with Crippen LogP contribution in [0.3, 0.4) is 0 Å². The number of nitrogens with one attached hydrogen (secondary N) is 2. The number of sulfonamides is 2. The first-order valence-corrected chi connectivity index (χ1v) is 16.2. The summed E-state index contributed by atoms with van der Waals surface area (Å²) in [5.41, 5.74) is 1.63. The van der Waals surface area contributed by atoms with Crippen molar-refractivity contribution in [3.05, 3.63) is 139 Å². The number of carbonyl (C=O) groups excluding carboxylic acids is 1. The zero-order valence-electron chi connectivity index (χ0n) is 23.5. The Morgan fingerprint density at radius 3 is 2.07 bits per heavy atom. The van der Waals surface area contributed by atoms with Crippen LogP contribution in [0.1, 0.15) is 15.9 Å². The molecule has 0 saturated carbocycles. The lowest BCUT2D eigenvalue weighted by Crippen LogP contribution is -2.32. The molecule has 5 rings (SSSR count). The number of benzene rings is 4. The van der Waals surface area contributed by atoms with Gasteiger partial charge in [0.2, 0.25) is 0 Å². The van der Waals surface area contributed by atoms with Crippen LogP contribution in [0.15, 0.2) is 137 Å². The molecule has 0 aliphatic rings. The van der Waals surface area contributed by atoms with Gasteiger partial charge in [-0.05, 0) is 78.4 Å². The van der Waals surface area contributed by atoms with Crippen LogP contribution in [0.5, 0.6) is 5.75 Å². The van der Waals surface area contributed by atoms with E-state index in [-0.39, 0.29) is 27.6 Å². The molecule has 0 spiro atoms. The third-order valence-corrected chi connectivity index (χ3v) is 9.74. The summed E-state index contributed by atoms with van der Waals surface area (Å²) < 4.78 is 62.4. The summed E-state index contributed by atoms with van der Waals surface area (Å²) in [6.07, 6.45) is 2.92. The van der Waals surface area contributed by atoms with Gasteiger partial charge in [0, 0.05) is 11.9 Å². The standard InChI is InChI=1S/C32H28N4O6S2/c1-42-27-15-19-29(20-16-27)44(40,41)36(23-24-8-3-2-4-9-24)31-12-6-5-11-30(31)32(37)34-25-13-17-28(18-14-25)43(38,39)35-26-10-7-21-33-22-26/h2-22,35H,23H2,1H3,(H,34,37). The molecule has 0 fully saturated rings. The maximum Gasteiger partial charge on any atom is 0.264 e. The number of hydrogen-bond acceptors (Lipinski definition) is 7. The minimum Gasteiger partial charge on any atom is -0.497 e. The van der Waals surface area contributed by atoms with Gasteiger partial charge in [-0.1, -0.05) is 42.5 Å². The van der Waals surface area contributed by atoms with E-state index >= 15 is 0 Å². The van der Waals surface area contributed by atoms with E-state index in [1.54, 1.807) is 54.6 Å². The Morgan fingerprint density at radius 2 is 1.41 bits per heavy atom. The molecule has 0 aliphatic carbocycles. The zero-order chi connectivity index (χ0) is 31.2. The molecule has 0 unspecified atom stereocenters. The Kier molecular flexibility index (Phi) is 8.93. The molecule has 2 N–H and O–H groups in total. The van der Waals surface area contributed by atoms with Gasteiger partial charge in [0.1, 0.15) is 5.75 Å². The number of amides is 1. The van der Waals surface area contributed by atoms with Crippen molar-refractivity contribution in [1.82, 2.24) is 4.98 Å². The number of aromatic nitrogens is 1. The van der Waals surface area contributed by atoms with E-state index in [2.05, 4.69) is 15.0 Å². The van der Waals surface area contributed by atoms with Gasteiger partial charge in [0.15, 0.2) is 0 Å². The van der Waals surface area contributed by atoms with Crippen molar-refractivity contribution in [2.45, 2.75) is 16.3 Å². The molecule has 0 saturated heterocycles. The lowest BCUT2D eigenvalue weighted by molar-refractivity contribution is 0.102. The van der Waals surface area contributed by atoms with Crippen molar-refractivity contribution < 1.29 is 26.4 Å². The van der Waals surface area contributed by atoms with Gasteiger partial charge in [-0.15, -0.1) is 0 Å². The summed E-state index contributed by atoms with van der Waals surface area (Å²) in [5, 5.41) is 2.75. The number of anilines is 3. The maximum atomic E-state index is 14.0. The van der Waals surface area contributed by atoms with Crippen LogP contribution >= 0.6 is 0 Å². The highest BCUT2D eigenvalue weighted by Crippen LogP contribution is 2.31. The van der Waals surface area contributed by atoms with Gasteiger partial charge >= 0.3 is 0 Å². The summed E-state index contributed by atoms with van der Waals surface area (Å²) in [7, 11) is -6.53. The Balaban J connectivity index is 1.44. The van der Waals surface area contributed by atoms with Gasteiger partial charge in [0.25, 0.3) is 26.0 Å². The van der Waals surface area contributed by atoms with Crippen LogP contribution in [-0.2, 0) is 26.6 Å². The number of carbonyl (C=O) groups is 1. The van der Waals surface area contributed by atoms with Crippen molar-refractivity contribution in [3.8, 4) is 5.75 Å². The number of para-hydroxylation sites is 1. The Bertz CT molecular complexity index is 1950. The average molecular weight is 629 g/mol. The number of rotatable bonds is 11. The molecule has 1 amide bonds. The Morgan fingerprint density at radius 1 is 0.750 bits per heavy atom. The first kappa shape index (κ1) is 30.3. The van der Waals surface area contributed by atoms with Crippen molar-refractivity contribution in [2.24, 2.45) is 0 Å². The predicted molar refractivity (Wildman–Crippen MR) is 169 cm³/mol. The summed E-state index contributed by atoms with van der Waals surface area (Å²) in [6, 6.07) is 30.3. The second-order valence-electron chi connectivity index (χ2n) is 9.52. The molecular formula is C32H28N4O6S2. The lowest BCUT2D eigenvalue weighted by Gasteiger charge is -2.26. The quantitative estimate of drug-likeness (QED) is 0.196. The minimum absolute atomic E-state index is 0.0145. The van der Waals surface area contributed by atoms with Gasteiger partial charge in [-0.3, -0.25) is 18.8 Å². The maximum absolute atomic E-state index is 14.0. The van der Waals surface area contributed by atoms with Crippen LogP contribution in [0.25, 0.3) is 0 Å². The number of nitrogens with zero attached hydrogens (tertiary/aromatic N) is 2. The van der Waals surface area contributed by atoms with Gasteiger partial charge < -0.3 is 10.1 Å². The highest BCUT2D eigenvalue weighted by atomic mass is 32.2. The first-order chi connectivity index (χ1) is 21.2. The molecule has 10 nitrogen and oxygen atoms in total. The smallest absolute Gasteiger partial charge is 0.264 e. The van der Waals surface area contributed by atoms with Crippen LogP contribution in [-0.4, -0.2) is 34.8 Å². The van der Waals surface area contributed by atoms with Crippen molar-refractivity contribution in [3.63, 3.8) is 0 Å². The third kappa shape index (κ3) is 6.88. The molecule has 12 heteroatoms. The van der Waals surface area contributed by atoms with E-state index in [1.165, 1.54) is 66.3 Å². The van der Waals surface area contributed by atoms with Crippen molar-refractivity contribution in [1.29, 1.82) is 0 Å². The van der Waals surface area contributed by atoms with Crippen LogP contribution in [0.4, 0.5) is 17.1 Å². The number of pyridine rings is 1. The summed E-state index contributed by atoms with van der Waals surface area (Å²) in [5.74, 6) is -0.0716. The van der Waals surface area contributed by atoms with Gasteiger partial charge in [-0.25, -0.2) is 16.8 Å². The topological polar surface area (TPSA) is 135 Å². The molecule has 4 aromatic carbocycles. The summed E-state index contributed by atoms with van der Waals surface area (Å²) >= 11 is 0. The fraction of sp³-hybridized carbons (Fsp3) is 0.0625. The normalized spacial score (nSPS) is 11.4. The van der Waals surface area contributed by atoms with Gasteiger partial charge in [-0.2, -0.15) is 0 Å². The summed E-state index contributed by atoms with van der Waals surface area (Å²) in [4.78, 5) is 17.5. The van der Waals surface area contributed by atoms with E-state index in [9.17, 15) is 21.6 Å². The third-order valence-electron chi connectivity index (χ3n) is 6.57. The molecule has 0 aliphatic heterocycles. The Labute approximate surface area is 256 Å². The summed E-state index contributed by atoms with van der Waals surface area (Å²) in [6.45, 7) is -0.0318. The second-order valence-corrected chi connectivity index (χ2v) is 13.1. The predicted octanol–water partition coefficient (Wildman–Crippen LogP) is 5.54. The molecule has 5 aromatic rings. The van der Waals surface area contributed by atoms with E-state index in [0.29, 0.717) is 17.1 Å². The largest absolute Gasteiger partial charge is 0.497 e. The molecular weight excluding hydrogens is 601 g/mol. The lowest BCUT2D eigenvalue weighted by atomic mass is 10.1. The zero-order valence-corrected chi connectivity index (χ0v) is 25.1. The van der Waals surface area contributed by atoms with Gasteiger partial charge in [0.05, 0.1) is 46.6 Å². The van der Waals surface area contributed by atoms with E-state index in [0.717, 1.165) is 5.56 Å². The molecule has 0 bridgehead atoms. The molecule has 1 heterocycles. The minimum atomic E-state index is -4.13. The number of methoxy groups -OCH3 is 1. The van der Waals surface area contributed by atoms with E-state index in [4.69, 9.17) is 4.74 Å². The van der Waals surface area contributed by atoms with E-state index < -0.39 is 26.0 Å². The number of hydrogen-bond donors (Lipinski definition) is 2. The fourth-order valence-electron chi connectivity index (χ4n) is 4.36. The SMILES string of the molecule is COc1ccc(S(=O)(=O)N(Cc2ccccc2)c2ccccc2C(=O)Nc2ccc(S(=O)(=O)Nc3cccnc3)cc2)cc1. The van der Waals surface area contributed by atoms with Crippen molar-refractivity contribution in [2.75, 3.05) is 21.5 Å². The molecule has 44 heavy (non-hydrogen) atoms. The van der Waals surface area contributed by atoms with Crippen LogP contribution < -0.4 is 19.1 Å². The first-order valence-electron chi connectivity index (χ1n) is 13.3. The highest BCUT2D eigenvalue weighted by Gasteiger charge is 2.29. The molecule has 0 atom stereocenters. The Hall–Kier alpha value is -5.20. The molecule has 1 aromatic heterocycles. The average Bonchev–Trinajstić information content (AvgIpc) is 3.04.